The molecule has 0 unspecified atom stereocenters. The molecule has 100 heavy (non-hydrogen) atoms. The number of carbonyl (C=O) groups excluding carboxylic acids is 4. The number of carboxylic acids is 2. The summed E-state index contributed by atoms with van der Waals surface area (Å²) in [7, 11) is -8.34. The fourth-order valence-electron chi connectivity index (χ4n) is 10.4. The predicted molar refractivity (Wildman–Crippen MR) is 383 cm³/mol. The summed E-state index contributed by atoms with van der Waals surface area (Å²) in [6, 6.07) is 0. The largest absolute Gasteiger partial charge is 0.481 e. The SMILES string of the molecule is C.COC(=O)CCCS(=O)(=O)NC(=O)CCCCCCCCCCCCCCCc1nn[nH]n1.COC(=O)CCCS(N)(=O)=O.O=C(O)CCCCCCCCCCCCCCCc1nn[nH]n1.O=C(O)CCCS(=O)(=O)NC(=O)CCCCCCCCCCCCCCCc1nn[nH]n1. The van der Waals surface area contributed by atoms with Crippen LogP contribution in [0.4, 0.5) is 0 Å². The summed E-state index contributed by atoms with van der Waals surface area (Å²) >= 11 is 0. The van der Waals surface area contributed by atoms with E-state index in [9.17, 15) is 54.0 Å². The maximum Gasteiger partial charge on any atom is 0.305 e. The number of carbonyl (C=O) groups is 6. The first kappa shape index (κ1) is 95.9. The van der Waals surface area contributed by atoms with Crippen molar-refractivity contribution in [3.05, 3.63) is 17.5 Å². The molecule has 580 valence electrons. The molecule has 2 amide bonds. The standard InChI is InChI=1S/C22H41N5O5S.C21H39N5O5S.C17H32N4O2.C5H11NO4S.CH4/c1-32-22(29)18-15-19-33(30,31)25-21(28)17-14-12-10-8-6-4-2-3-5-7-9-11-13-16-20-23-26-27-24-20;27-20(24-32(30,31)18-14-17-21(28)29)16-13-11-9-7-5-3-1-2-4-6-8-10-12-15-19-22-25-26-23-19;22-17(23)15-13-11-9-7-5-3-1-2-4-6-8-10-12-14-16-18-20-21-19-16;1-10-5(7)3-2-4-11(6,8)9;/h2-19H2,1H3,(H,25,28)(H,23,24,26,27);1-18H2,(H,24,27)(H,28,29)(H,22,23,25,26);1-15H2,(H,22,23)(H,18,19,20,21);2-4H2,1H3,(H2,6,8,9);1H4. The fourth-order valence-corrected chi connectivity index (χ4v) is 13.1. The van der Waals surface area contributed by atoms with E-state index in [4.69, 9.17) is 10.2 Å². The van der Waals surface area contributed by atoms with Crippen molar-refractivity contribution in [1.82, 2.24) is 71.3 Å². The zero-order valence-corrected chi connectivity index (χ0v) is 62.1. The Bertz CT molecular complexity index is 2790. The minimum atomic E-state index is -3.73. The number of H-pyrrole nitrogens is 3. The van der Waals surface area contributed by atoms with Crippen molar-refractivity contribution in [2.24, 2.45) is 5.14 Å². The van der Waals surface area contributed by atoms with Gasteiger partial charge in [0.1, 0.15) is 0 Å². The molecule has 9 N–H and O–H groups in total. The van der Waals surface area contributed by atoms with Gasteiger partial charge in [-0.2, -0.15) is 15.6 Å². The van der Waals surface area contributed by atoms with Gasteiger partial charge in [0.2, 0.25) is 41.9 Å². The van der Waals surface area contributed by atoms with Gasteiger partial charge in [-0.25, -0.2) is 30.4 Å². The fraction of sp³-hybridized carbons (Fsp3) is 0.864. The smallest absolute Gasteiger partial charge is 0.305 e. The summed E-state index contributed by atoms with van der Waals surface area (Å²) in [5.41, 5.74) is 0. The zero-order chi connectivity index (χ0) is 73.2. The predicted octanol–water partition coefficient (Wildman–Crippen LogP) is 11.3. The summed E-state index contributed by atoms with van der Waals surface area (Å²) in [6.07, 6.45) is 49.8. The van der Waals surface area contributed by atoms with Crippen molar-refractivity contribution >= 4 is 65.8 Å². The molecule has 0 bridgehead atoms. The molecule has 3 heterocycles. The van der Waals surface area contributed by atoms with Gasteiger partial charge in [-0.3, -0.25) is 38.2 Å². The molecule has 3 aromatic rings. The molecule has 0 saturated heterocycles. The first-order valence-electron chi connectivity index (χ1n) is 36.4. The minimum Gasteiger partial charge on any atom is -0.481 e. The van der Waals surface area contributed by atoms with E-state index < -0.39 is 65.8 Å². The summed E-state index contributed by atoms with van der Waals surface area (Å²) in [5, 5.41) is 63.5. The Kier molecular flexibility index (Phi) is 63.4. The van der Waals surface area contributed by atoms with Crippen LogP contribution in [0.15, 0.2) is 0 Å². The lowest BCUT2D eigenvalue weighted by atomic mass is 10.0. The first-order valence-corrected chi connectivity index (χ1v) is 41.4. The number of rotatable bonds is 62. The third-order valence-electron chi connectivity index (χ3n) is 16.0. The molecule has 0 saturated carbocycles. The Morgan fingerprint density at radius 1 is 0.340 bits per heavy atom. The van der Waals surface area contributed by atoms with E-state index in [0.717, 1.165) is 107 Å². The van der Waals surface area contributed by atoms with E-state index in [0.29, 0.717) is 19.3 Å². The molecule has 0 radical (unpaired) electrons. The lowest BCUT2D eigenvalue weighted by molar-refractivity contribution is -0.141. The molecule has 0 fully saturated rings. The number of esters is 2. The van der Waals surface area contributed by atoms with Crippen molar-refractivity contribution in [1.29, 1.82) is 0 Å². The first-order chi connectivity index (χ1) is 47.6. The van der Waals surface area contributed by atoms with Crippen LogP contribution in [0.1, 0.15) is 333 Å². The van der Waals surface area contributed by atoms with E-state index in [2.05, 4.69) is 81.2 Å². The topological polar surface area (TPSA) is 477 Å². The molecule has 3 aromatic heterocycles. The lowest BCUT2D eigenvalue weighted by Gasteiger charge is -2.07. The van der Waals surface area contributed by atoms with E-state index in [1.54, 1.807) is 0 Å². The highest BCUT2D eigenvalue weighted by Crippen LogP contribution is 2.17. The number of methoxy groups -OCH3 is 2. The average molecular weight is 1480 g/mol. The maximum atomic E-state index is 11.8. The number of nitrogens with zero attached hydrogens (tertiary/aromatic N) is 9. The van der Waals surface area contributed by atoms with Gasteiger partial charge < -0.3 is 19.7 Å². The second-order valence-corrected chi connectivity index (χ2v) is 30.5. The van der Waals surface area contributed by atoms with Crippen molar-refractivity contribution in [2.75, 3.05) is 31.5 Å². The molecule has 0 aliphatic heterocycles. The number of hydrogen-bond donors (Lipinski definition) is 8. The second-order valence-electron chi connectivity index (χ2n) is 25.1. The van der Waals surface area contributed by atoms with Gasteiger partial charge in [-0.1, -0.05) is 235 Å². The highest BCUT2D eigenvalue weighted by Gasteiger charge is 2.17. The van der Waals surface area contributed by atoms with E-state index in [-0.39, 0.29) is 76.1 Å². The Labute approximate surface area is 596 Å². The summed E-state index contributed by atoms with van der Waals surface area (Å²) in [4.78, 5) is 65.7. The summed E-state index contributed by atoms with van der Waals surface area (Å²) < 4.78 is 80.5. The van der Waals surface area contributed by atoms with Crippen molar-refractivity contribution < 1.29 is 73.7 Å². The molecular formula is C66H127N15O16S3. The Balaban J connectivity index is 0. The number of carboxylic acid groups (broad SMARTS) is 2. The molecule has 34 heteroatoms. The van der Waals surface area contributed by atoms with Crippen LogP contribution in [0.2, 0.25) is 0 Å². The van der Waals surface area contributed by atoms with Gasteiger partial charge in [0, 0.05) is 57.8 Å². The van der Waals surface area contributed by atoms with Crippen LogP contribution in [-0.2, 0) is 87.6 Å². The van der Waals surface area contributed by atoms with Crippen molar-refractivity contribution in [3.63, 3.8) is 0 Å². The Morgan fingerprint density at radius 3 is 0.790 bits per heavy atom. The van der Waals surface area contributed by atoms with Gasteiger partial charge in [-0.05, 0) is 57.8 Å². The quantitative estimate of drug-likeness (QED) is 0.0192. The number of aromatic nitrogens is 12. The number of hydrogen-bond acceptors (Lipinski definition) is 23. The number of ether oxygens (including phenoxy) is 2. The van der Waals surface area contributed by atoms with Crippen molar-refractivity contribution in [2.45, 2.75) is 335 Å². The Hall–Kier alpha value is -6.16. The van der Waals surface area contributed by atoms with Gasteiger partial charge >= 0.3 is 23.9 Å². The van der Waals surface area contributed by atoms with Crippen LogP contribution in [-0.4, -0.2) is 165 Å². The second kappa shape index (κ2) is 66.1. The number of aromatic amines is 3. The third-order valence-corrected chi connectivity index (χ3v) is 19.6. The summed E-state index contributed by atoms with van der Waals surface area (Å²) in [6.45, 7) is 0. The number of sulfonamides is 3. The number of aryl methyl sites for hydroxylation is 3. The van der Waals surface area contributed by atoms with E-state index >= 15 is 0 Å². The van der Waals surface area contributed by atoms with Crippen LogP contribution >= 0.6 is 0 Å². The number of tetrazole rings is 3. The summed E-state index contributed by atoms with van der Waals surface area (Å²) in [5.74, 6) is -1.91. The van der Waals surface area contributed by atoms with Crippen LogP contribution in [0.5, 0.6) is 0 Å². The third kappa shape index (κ3) is 70.3. The molecule has 0 spiro atoms. The van der Waals surface area contributed by atoms with Gasteiger partial charge in [0.05, 0.1) is 31.5 Å². The molecule has 0 aliphatic rings. The van der Waals surface area contributed by atoms with Gasteiger partial charge in [0.25, 0.3) is 0 Å². The lowest BCUT2D eigenvalue weighted by Crippen LogP contribution is -2.32. The van der Waals surface area contributed by atoms with E-state index in [1.807, 2.05) is 4.72 Å². The molecule has 0 aliphatic carbocycles. The maximum absolute atomic E-state index is 11.8. The monoisotopic (exact) mass is 1480 g/mol. The highest BCUT2D eigenvalue weighted by atomic mass is 32.2. The average Bonchev–Trinajstić information content (AvgIpc) is 1.35. The van der Waals surface area contributed by atoms with Crippen LogP contribution in [0.25, 0.3) is 0 Å². The van der Waals surface area contributed by atoms with Crippen LogP contribution < -0.4 is 14.6 Å². The number of amides is 2. The molecule has 0 atom stereocenters. The Morgan fingerprint density at radius 2 is 0.560 bits per heavy atom. The zero-order valence-electron chi connectivity index (χ0n) is 59.6. The number of aliphatic carboxylic acids is 2. The molecular weight excluding hydrogens is 1360 g/mol. The van der Waals surface area contributed by atoms with Crippen LogP contribution in [0.3, 0.4) is 0 Å². The molecule has 31 nitrogen and oxygen atoms in total. The molecule has 3 rings (SSSR count). The van der Waals surface area contributed by atoms with Gasteiger partial charge in [-0.15, -0.1) is 30.6 Å². The van der Waals surface area contributed by atoms with Crippen molar-refractivity contribution in [3.8, 4) is 0 Å². The highest BCUT2D eigenvalue weighted by molar-refractivity contribution is 7.90. The number of unbranched alkanes of at least 4 members (excludes halogenated alkanes) is 36. The van der Waals surface area contributed by atoms with Crippen LogP contribution in [0, 0.1) is 0 Å². The minimum absolute atomic E-state index is 0. The van der Waals surface area contributed by atoms with E-state index in [1.165, 1.54) is 181 Å². The number of primary sulfonamides is 1. The normalized spacial score (nSPS) is 11.2. The van der Waals surface area contributed by atoms with Gasteiger partial charge in [0.15, 0.2) is 17.5 Å². The number of nitrogens with two attached hydrogens (primary N) is 1. The molecule has 0 aromatic carbocycles. The number of nitrogens with one attached hydrogen (secondary N) is 5.